The van der Waals surface area contributed by atoms with Gasteiger partial charge >= 0.3 is 5.97 Å². The fraction of sp³-hybridized carbons (Fsp3) is 0.762. The van der Waals surface area contributed by atoms with Gasteiger partial charge in [-0.25, -0.2) is 4.79 Å². The molecule has 0 unspecified atom stereocenters. The van der Waals surface area contributed by atoms with Crippen molar-refractivity contribution in [3.8, 4) is 0 Å². The van der Waals surface area contributed by atoms with Gasteiger partial charge in [0.2, 0.25) is 11.8 Å². The van der Waals surface area contributed by atoms with Crippen LogP contribution in [0.15, 0.2) is 0 Å². The van der Waals surface area contributed by atoms with E-state index in [0.29, 0.717) is 12.8 Å². The molecule has 2 amide bonds. The Balaban J connectivity index is 2.85. The summed E-state index contributed by atoms with van der Waals surface area (Å²) < 4.78 is 4.75. The number of nitrogens with one attached hydrogen (secondary N) is 2. The first-order chi connectivity index (χ1) is 13.7. The average Bonchev–Trinajstić information content (AvgIpc) is 3.09. The maximum Gasteiger partial charge on any atom is 0.328 e. The molecule has 164 valence electrons. The number of ketones is 2. The molecule has 4 atom stereocenters. The summed E-state index contributed by atoms with van der Waals surface area (Å²) in [5.41, 5.74) is 0. The van der Waals surface area contributed by atoms with Gasteiger partial charge in [0.15, 0.2) is 5.78 Å². The lowest BCUT2D eigenvalue weighted by Gasteiger charge is -2.23. The number of esters is 1. The average molecular weight is 411 g/mol. The molecule has 0 radical (unpaired) electrons. The predicted molar refractivity (Wildman–Crippen MR) is 107 cm³/mol. The molecule has 1 rings (SSSR count). The first kappa shape index (κ1) is 24.8. The minimum absolute atomic E-state index is 0.0415. The summed E-state index contributed by atoms with van der Waals surface area (Å²) in [6.45, 7) is 5.38. The number of carbonyl (C=O) groups excluding carboxylic acids is 5. The highest BCUT2D eigenvalue weighted by Crippen LogP contribution is 2.30. The normalized spacial score (nSPS) is 20.6. The largest absolute Gasteiger partial charge is 0.467 e. The van der Waals surface area contributed by atoms with Crippen LogP contribution in [0.2, 0.25) is 0 Å². The van der Waals surface area contributed by atoms with E-state index in [1.165, 1.54) is 14.0 Å². The highest BCUT2D eigenvalue weighted by Gasteiger charge is 2.43. The van der Waals surface area contributed by atoms with Crippen molar-refractivity contribution >= 4 is 29.4 Å². The lowest BCUT2D eigenvalue weighted by molar-refractivity contribution is -0.146. The molecule has 1 fully saturated rings. The maximum absolute atomic E-state index is 12.8. The van der Waals surface area contributed by atoms with E-state index in [4.69, 9.17) is 4.74 Å². The molecule has 1 saturated carbocycles. The van der Waals surface area contributed by atoms with Gasteiger partial charge in [-0.15, -0.1) is 0 Å². The lowest BCUT2D eigenvalue weighted by atomic mass is 9.93. The smallest absolute Gasteiger partial charge is 0.328 e. The van der Waals surface area contributed by atoms with Crippen LogP contribution in [0.5, 0.6) is 0 Å². The molecule has 8 heteroatoms. The quantitative estimate of drug-likeness (QED) is 0.473. The molecular weight excluding hydrogens is 376 g/mol. The number of ether oxygens (including phenoxy) is 1. The Labute approximate surface area is 172 Å². The Bertz CT molecular complexity index is 618. The number of methoxy groups -OCH3 is 1. The minimum Gasteiger partial charge on any atom is -0.467 e. The van der Waals surface area contributed by atoms with E-state index in [-0.39, 0.29) is 24.4 Å². The lowest BCUT2D eigenvalue weighted by Crippen LogP contribution is -2.48. The summed E-state index contributed by atoms with van der Waals surface area (Å²) in [5.74, 6) is -3.53. The maximum atomic E-state index is 12.8. The molecule has 0 bridgehead atoms. The molecule has 0 saturated heterocycles. The summed E-state index contributed by atoms with van der Waals surface area (Å²) in [4.78, 5) is 61.3. The summed E-state index contributed by atoms with van der Waals surface area (Å²) in [7, 11) is 1.25. The fourth-order valence-electron chi connectivity index (χ4n) is 3.55. The number of hydrogen-bond acceptors (Lipinski definition) is 6. The predicted octanol–water partition coefficient (Wildman–Crippen LogP) is 1.69. The Morgan fingerprint density at radius 1 is 0.931 bits per heavy atom. The fourth-order valence-corrected chi connectivity index (χ4v) is 3.55. The van der Waals surface area contributed by atoms with Gasteiger partial charge in [0.1, 0.15) is 11.8 Å². The van der Waals surface area contributed by atoms with Crippen molar-refractivity contribution in [1.82, 2.24) is 10.6 Å². The molecule has 0 aromatic rings. The topological polar surface area (TPSA) is 119 Å². The molecule has 0 aliphatic heterocycles. The Morgan fingerprint density at radius 2 is 1.38 bits per heavy atom. The summed E-state index contributed by atoms with van der Waals surface area (Å²) in [5, 5.41) is 5.36. The van der Waals surface area contributed by atoms with Crippen molar-refractivity contribution in [3.63, 3.8) is 0 Å². The van der Waals surface area contributed by atoms with Crippen LogP contribution in [0.3, 0.4) is 0 Å². The van der Waals surface area contributed by atoms with E-state index in [1.54, 1.807) is 0 Å². The van der Waals surface area contributed by atoms with Crippen molar-refractivity contribution in [2.24, 2.45) is 11.8 Å². The van der Waals surface area contributed by atoms with Crippen LogP contribution in [-0.4, -0.2) is 48.5 Å². The second-order valence-electron chi connectivity index (χ2n) is 7.70. The van der Waals surface area contributed by atoms with Gasteiger partial charge in [-0.1, -0.05) is 39.5 Å². The standard InChI is InChI=1S/C21H34N2O6/c1-5-7-9-17(13(3)24)22-19(26)15-11-14(25)12-16(15)20(27)23-18(10-8-6-2)21(28)29-4/h15-18H,5-12H2,1-4H3,(H,22,26)(H,23,27)/t15-,16-,17+,18+/m1/s1. The summed E-state index contributed by atoms with van der Waals surface area (Å²) >= 11 is 0. The molecule has 1 aliphatic carbocycles. The summed E-state index contributed by atoms with van der Waals surface area (Å²) in [6.07, 6.45) is 4.11. The highest BCUT2D eigenvalue weighted by molar-refractivity contribution is 6.00. The van der Waals surface area contributed by atoms with Crippen LogP contribution in [0.4, 0.5) is 0 Å². The van der Waals surface area contributed by atoms with Gasteiger partial charge in [-0.3, -0.25) is 19.2 Å². The number of Topliss-reactive ketones (excluding diaryl/α,β-unsaturated/α-hetero) is 2. The van der Waals surface area contributed by atoms with E-state index >= 15 is 0 Å². The Kier molecular flexibility index (Phi) is 10.5. The van der Waals surface area contributed by atoms with Crippen molar-refractivity contribution in [2.75, 3.05) is 7.11 Å². The minimum atomic E-state index is -0.852. The third-order valence-electron chi connectivity index (χ3n) is 5.36. The van der Waals surface area contributed by atoms with Gasteiger partial charge < -0.3 is 15.4 Å². The van der Waals surface area contributed by atoms with Crippen molar-refractivity contribution in [1.29, 1.82) is 0 Å². The number of amides is 2. The van der Waals surface area contributed by atoms with Crippen LogP contribution in [0, 0.1) is 11.8 Å². The molecule has 0 aromatic carbocycles. The van der Waals surface area contributed by atoms with Gasteiger partial charge in [-0.2, -0.15) is 0 Å². The van der Waals surface area contributed by atoms with Crippen molar-refractivity contribution in [2.45, 2.75) is 84.2 Å². The van der Waals surface area contributed by atoms with Gasteiger partial charge in [-0.05, 0) is 19.8 Å². The third-order valence-corrected chi connectivity index (χ3v) is 5.36. The van der Waals surface area contributed by atoms with Crippen LogP contribution in [-0.2, 0) is 28.7 Å². The van der Waals surface area contributed by atoms with E-state index in [1.807, 2.05) is 13.8 Å². The van der Waals surface area contributed by atoms with Gasteiger partial charge in [0, 0.05) is 12.8 Å². The number of rotatable bonds is 12. The van der Waals surface area contributed by atoms with E-state index in [9.17, 15) is 24.0 Å². The molecular formula is C21H34N2O6. The number of unbranched alkanes of at least 4 members (excludes halogenated alkanes) is 2. The Morgan fingerprint density at radius 3 is 1.79 bits per heavy atom. The third kappa shape index (κ3) is 7.59. The van der Waals surface area contributed by atoms with Gasteiger partial charge in [0.05, 0.1) is 25.0 Å². The van der Waals surface area contributed by atoms with Gasteiger partial charge in [0.25, 0.3) is 0 Å². The highest BCUT2D eigenvalue weighted by atomic mass is 16.5. The first-order valence-corrected chi connectivity index (χ1v) is 10.5. The zero-order chi connectivity index (χ0) is 22.0. The van der Waals surface area contributed by atoms with E-state index < -0.39 is 41.7 Å². The molecule has 0 heterocycles. The summed E-state index contributed by atoms with van der Waals surface area (Å²) in [6, 6.07) is -1.42. The molecule has 1 aliphatic rings. The molecule has 8 nitrogen and oxygen atoms in total. The van der Waals surface area contributed by atoms with Crippen molar-refractivity contribution < 1.29 is 28.7 Å². The van der Waals surface area contributed by atoms with Crippen molar-refractivity contribution in [3.05, 3.63) is 0 Å². The molecule has 0 spiro atoms. The van der Waals surface area contributed by atoms with E-state index in [2.05, 4.69) is 10.6 Å². The Hall–Kier alpha value is -2.25. The van der Waals surface area contributed by atoms with Crippen LogP contribution >= 0.6 is 0 Å². The molecule has 2 N–H and O–H groups in total. The first-order valence-electron chi connectivity index (χ1n) is 10.5. The zero-order valence-electron chi connectivity index (χ0n) is 17.9. The zero-order valence-corrected chi connectivity index (χ0v) is 17.9. The monoisotopic (exact) mass is 410 g/mol. The van der Waals surface area contributed by atoms with Crippen LogP contribution in [0.1, 0.15) is 72.1 Å². The SMILES string of the molecule is CCCC[C@H](NC(=O)[C@@H]1CC(=O)C[C@H]1C(=O)N[C@@H](CCCC)C(=O)OC)C(C)=O. The van der Waals surface area contributed by atoms with E-state index in [0.717, 1.165) is 25.7 Å². The second-order valence-corrected chi connectivity index (χ2v) is 7.70. The van der Waals surface area contributed by atoms with Crippen LogP contribution in [0.25, 0.3) is 0 Å². The second kappa shape index (κ2) is 12.3. The number of carbonyl (C=O) groups is 5. The van der Waals surface area contributed by atoms with Crippen LogP contribution < -0.4 is 10.6 Å². The number of hydrogen-bond donors (Lipinski definition) is 2. The molecule has 0 aromatic heterocycles. The molecule has 29 heavy (non-hydrogen) atoms.